The van der Waals surface area contributed by atoms with Gasteiger partial charge >= 0.3 is 5.97 Å². The lowest BCUT2D eigenvalue weighted by molar-refractivity contribution is -0.142. The number of carbonyl (C=O) groups excluding carboxylic acids is 1. The average molecular weight is 291 g/mol. The predicted molar refractivity (Wildman–Crippen MR) is 73.2 cm³/mol. The lowest BCUT2D eigenvalue weighted by Gasteiger charge is -2.29. The van der Waals surface area contributed by atoms with Gasteiger partial charge in [-0.15, -0.1) is 0 Å². The van der Waals surface area contributed by atoms with Gasteiger partial charge in [-0.2, -0.15) is 0 Å². The molecule has 1 aliphatic heterocycles. The van der Waals surface area contributed by atoms with Crippen LogP contribution in [-0.4, -0.2) is 48.2 Å². The maximum atomic E-state index is 12.1. The van der Waals surface area contributed by atoms with Crippen molar-refractivity contribution in [2.24, 2.45) is 11.8 Å². The highest BCUT2D eigenvalue weighted by atomic mass is 16.6. The molecule has 1 aromatic carbocycles. The molecule has 3 rings (SSSR count). The van der Waals surface area contributed by atoms with E-state index in [0.29, 0.717) is 31.1 Å². The highest BCUT2D eigenvalue weighted by Gasteiger charge is 2.49. The summed E-state index contributed by atoms with van der Waals surface area (Å²) in [4.78, 5) is 24.5. The highest BCUT2D eigenvalue weighted by molar-refractivity contribution is 5.89. The zero-order chi connectivity index (χ0) is 15.0. The van der Waals surface area contributed by atoms with Crippen LogP contribution in [0.4, 0.5) is 0 Å². The lowest BCUT2D eigenvalue weighted by atomic mass is 10.2. The van der Waals surface area contributed by atoms with Crippen LogP contribution in [0.25, 0.3) is 0 Å². The predicted octanol–water partition coefficient (Wildman–Crippen LogP) is 1.01. The number of carboxylic acid groups (broad SMARTS) is 1. The second kappa shape index (κ2) is 5.27. The Hall–Kier alpha value is -2.24. The molecule has 1 saturated carbocycles. The van der Waals surface area contributed by atoms with Crippen molar-refractivity contribution >= 4 is 11.9 Å². The Morgan fingerprint density at radius 1 is 1.29 bits per heavy atom. The van der Waals surface area contributed by atoms with Crippen molar-refractivity contribution in [1.82, 2.24) is 4.90 Å². The fourth-order valence-corrected chi connectivity index (χ4v) is 2.57. The molecule has 1 aromatic rings. The number of likely N-dealkylation sites (N-methyl/N-ethyl adjacent to an activating group) is 1. The van der Waals surface area contributed by atoms with Gasteiger partial charge in [-0.1, -0.05) is 12.1 Å². The molecule has 112 valence electrons. The number of hydrogen-bond acceptors (Lipinski definition) is 4. The van der Waals surface area contributed by atoms with E-state index in [-0.39, 0.29) is 17.9 Å². The average Bonchev–Trinajstić information content (AvgIpc) is 3.27. The minimum Gasteiger partial charge on any atom is -0.486 e. The molecular weight excluding hydrogens is 274 g/mol. The van der Waals surface area contributed by atoms with E-state index in [1.54, 1.807) is 7.05 Å². The third kappa shape index (κ3) is 2.79. The normalized spacial score (nSPS) is 26.0. The van der Waals surface area contributed by atoms with Crippen molar-refractivity contribution in [1.29, 1.82) is 0 Å². The summed E-state index contributed by atoms with van der Waals surface area (Å²) in [7, 11) is 1.67. The zero-order valence-electron chi connectivity index (χ0n) is 11.7. The zero-order valence-corrected chi connectivity index (χ0v) is 11.7. The van der Waals surface area contributed by atoms with Gasteiger partial charge in [0.15, 0.2) is 17.6 Å². The molecule has 6 heteroatoms. The minimum absolute atomic E-state index is 0.134. The van der Waals surface area contributed by atoms with Crippen LogP contribution in [0.1, 0.15) is 6.42 Å². The molecule has 0 unspecified atom stereocenters. The third-order valence-electron chi connectivity index (χ3n) is 3.85. The molecule has 0 saturated heterocycles. The van der Waals surface area contributed by atoms with Crippen LogP contribution < -0.4 is 9.47 Å². The van der Waals surface area contributed by atoms with Gasteiger partial charge in [0.2, 0.25) is 5.91 Å². The Morgan fingerprint density at radius 3 is 2.67 bits per heavy atom. The van der Waals surface area contributed by atoms with E-state index in [1.807, 2.05) is 24.3 Å². The molecule has 0 aromatic heterocycles. The number of amides is 1. The first-order chi connectivity index (χ1) is 10.1. The van der Waals surface area contributed by atoms with Crippen LogP contribution in [0.5, 0.6) is 11.5 Å². The number of fused-ring (bicyclic) bond motifs is 1. The van der Waals surface area contributed by atoms with Crippen molar-refractivity contribution in [3.8, 4) is 11.5 Å². The van der Waals surface area contributed by atoms with Crippen molar-refractivity contribution in [3.63, 3.8) is 0 Å². The number of carboxylic acids is 1. The van der Waals surface area contributed by atoms with Crippen LogP contribution in [0.2, 0.25) is 0 Å². The molecule has 6 nitrogen and oxygen atoms in total. The summed E-state index contributed by atoms with van der Waals surface area (Å²) in [5.74, 6) is -0.563. The first-order valence-electron chi connectivity index (χ1n) is 6.92. The van der Waals surface area contributed by atoms with E-state index in [9.17, 15) is 9.59 Å². The number of benzene rings is 1. The molecule has 2 aliphatic rings. The van der Waals surface area contributed by atoms with Crippen molar-refractivity contribution < 1.29 is 24.2 Å². The van der Waals surface area contributed by atoms with Crippen LogP contribution in [0.3, 0.4) is 0 Å². The first kappa shape index (κ1) is 13.7. The first-order valence-corrected chi connectivity index (χ1v) is 6.92. The second-order valence-corrected chi connectivity index (χ2v) is 5.50. The second-order valence-electron chi connectivity index (χ2n) is 5.50. The molecule has 0 spiro atoms. The van der Waals surface area contributed by atoms with Gasteiger partial charge in [0, 0.05) is 7.05 Å². The van der Waals surface area contributed by atoms with Crippen molar-refractivity contribution in [2.75, 3.05) is 20.2 Å². The molecule has 1 amide bonds. The Bertz CT molecular complexity index is 573. The van der Waals surface area contributed by atoms with Gasteiger partial charge in [0.05, 0.1) is 18.4 Å². The van der Waals surface area contributed by atoms with Gasteiger partial charge in [-0.05, 0) is 18.6 Å². The minimum atomic E-state index is -0.895. The molecule has 0 bridgehead atoms. The number of aliphatic carboxylic acids is 1. The maximum absolute atomic E-state index is 12.1. The number of para-hydroxylation sites is 2. The fraction of sp³-hybridized carbons (Fsp3) is 0.467. The van der Waals surface area contributed by atoms with Crippen LogP contribution in [-0.2, 0) is 9.59 Å². The van der Waals surface area contributed by atoms with E-state index < -0.39 is 11.9 Å². The van der Waals surface area contributed by atoms with Gasteiger partial charge in [0.1, 0.15) is 6.61 Å². The molecule has 21 heavy (non-hydrogen) atoms. The van der Waals surface area contributed by atoms with Crippen LogP contribution in [0, 0.1) is 11.8 Å². The fourth-order valence-electron chi connectivity index (χ4n) is 2.57. The van der Waals surface area contributed by atoms with E-state index in [2.05, 4.69) is 0 Å². The summed E-state index contributed by atoms with van der Waals surface area (Å²) < 4.78 is 11.4. The summed E-state index contributed by atoms with van der Waals surface area (Å²) >= 11 is 0. The summed E-state index contributed by atoms with van der Waals surface area (Å²) in [5, 5.41) is 8.87. The highest BCUT2D eigenvalue weighted by Crippen LogP contribution is 2.40. The van der Waals surface area contributed by atoms with Gasteiger partial charge in [-0.3, -0.25) is 9.59 Å². The third-order valence-corrected chi connectivity index (χ3v) is 3.85. The molecule has 1 fully saturated rings. The van der Waals surface area contributed by atoms with E-state index in [4.69, 9.17) is 14.6 Å². The Labute approximate surface area is 122 Å². The van der Waals surface area contributed by atoms with E-state index in [0.717, 1.165) is 0 Å². The largest absolute Gasteiger partial charge is 0.486 e. The van der Waals surface area contributed by atoms with Gasteiger partial charge < -0.3 is 19.5 Å². The Balaban J connectivity index is 1.56. The van der Waals surface area contributed by atoms with Gasteiger partial charge in [-0.25, -0.2) is 0 Å². The Morgan fingerprint density at radius 2 is 2.00 bits per heavy atom. The molecular formula is C15H17NO5. The number of rotatable bonds is 4. The maximum Gasteiger partial charge on any atom is 0.307 e. The van der Waals surface area contributed by atoms with Crippen molar-refractivity contribution in [3.05, 3.63) is 24.3 Å². The quantitative estimate of drug-likeness (QED) is 0.896. The summed E-state index contributed by atoms with van der Waals surface area (Å²) in [6, 6.07) is 7.39. The number of ether oxygens (including phenoxy) is 2. The monoisotopic (exact) mass is 291 g/mol. The lowest BCUT2D eigenvalue weighted by Crippen LogP contribution is -2.42. The van der Waals surface area contributed by atoms with Crippen molar-refractivity contribution in [2.45, 2.75) is 12.5 Å². The van der Waals surface area contributed by atoms with Crippen LogP contribution >= 0.6 is 0 Å². The molecule has 1 heterocycles. The molecule has 1 N–H and O–H groups in total. The summed E-state index contributed by atoms with van der Waals surface area (Å²) in [5.41, 5.74) is 0. The summed E-state index contributed by atoms with van der Waals surface area (Å²) in [6.45, 7) is 0.762. The number of hydrogen-bond donors (Lipinski definition) is 1. The standard InChI is InChI=1S/C15H17NO5/c1-16(14(17)10-6-11(10)15(18)19)7-9-8-20-12-4-2-3-5-13(12)21-9/h2-5,9-11H,6-8H2,1H3,(H,18,19)/t9-,10-,11+/m1/s1. The molecule has 3 atom stereocenters. The Kier molecular flexibility index (Phi) is 3.45. The topological polar surface area (TPSA) is 76.1 Å². The summed E-state index contributed by atoms with van der Waals surface area (Å²) in [6.07, 6.45) is 0.194. The smallest absolute Gasteiger partial charge is 0.307 e. The van der Waals surface area contributed by atoms with E-state index in [1.165, 1.54) is 4.90 Å². The van der Waals surface area contributed by atoms with E-state index >= 15 is 0 Å². The van der Waals surface area contributed by atoms with Crippen LogP contribution in [0.15, 0.2) is 24.3 Å². The SMILES string of the molecule is CN(C[C@@H]1COc2ccccc2O1)C(=O)[C@@H]1C[C@@H]1C(=O)O. The van der Waals surface area contributed by atoms with Gasteiger partial charge in [0.25, 0.3) is 0 Å². The number of carbonyl (C=O) groups is 2. The molecule has 0 radical (unpaired) electrons. The number of nitrogens with zero attached hydrogens (tertiary/aromatic N) is 1. The molecule has 1 aliphatic carbocycles.